The molecule has 0 radical (unpaired) electrons. The number of carbonyl (C=O) groups is 4. The van der Waals surface area contributed by atoms with E-state index < -0.39 is 47.9 Å². The number of H-pyrrole nitrogens is 1. The molecule has 230 valence electrons. The fourth-order valence-electron chi connectivity index (χ4n) is 4.47. The minimum absolute atomic E-state index is 0.0755. The Hall–Kier alpha value is -4.56. The van der Waals surface area contributed by atoms with Crippen LogP contribution in [-0.2, 0) is 32.0 Å². The van der Waals surface area contributed by atoms with Gasteiger partial charge in [-0.05, 0) is 36.5 Å². The summed E-state index contributed by atoms with van der Waals surface area (Å²) in [6.07, 6.45) is 2.56. The Labute approximate surface area is 254 Å². The largest absolute Gasteiger partial charge is 0.480 e. The standard InChI is InChI=1S/C29H38N8O5S/c30-20(14-18-15-34-21-10-5-4-9-19(18)21)25(38)35-22(11-6-12-33-29(31)32)26(39)36-23(13-17-7-2-1-3-8-17)27(40)37-24(16-43)28(41)42/h1-5,7-10,15,20,22-24,34,43H,6,11-14,16,30H2,(H,35,38)(H,36,39)(H,37,40)(H,41,42)(H4,31,32,33). The summed E-state index contributed by atoms with van der Waals surface area (Å²) in [5, 5.41) is 18.1. The zero-order valence-electron chi connectivity index (χ0n) is 23.5. The van der Waals surface area contributed by atoms with Crippen LogP contribution in [0.1, 0.15) is 24.0 Å². The molecule has 13 nitrogen and oxygen atoms in total. The molecular weight excluding hydrogens is 572 g/mol. The Morgan fingerprint density at radius 3 is 2.16 bits per heavy atom. The van der Waals surface area contributed by atoms with E-state index in [9.17, 15) is 24.3 Å². The average Bonchev–Trinajstić information content (AvgIpc) is 3.39. The number of aromatic amines is 1. The maximum atomic E-state index is 13.5. The first kappa shape index (κ1) is 32.9. The Morgan fingerprint density at radius 1 is 0.860 bits per heavy atom. The lowest BCUT2D eigenvalue weighted by atomic mass is 10.0. The molecule has 0 aliphatic heterocycles. The van der Waals surface area contributed by atoms with Crippen molar-refractivity contribution in [1.82, 2.24) is 20.9 Å². The molecule has 4 atom stereocenters. The Kier molecular flexibility index (Phi) is 12.4. The number of para-hydroxylation sites is 1. The van der Waals surface area contributed by atoms with E-state index >= 15 is 0 Å². The fourth-order valence-corrected chi connectivity index (χ4v) is 4.72. The molecular formula is C29H38N8O5S. The van der Waals surface area contributed by atoms with E-state index in [2.05, 4.69) is 38.6 Å². The monoisotopic (exact) mass is 610 g/mol. The number of nitrogens with one attached hydrogen (secondary N) is 4. The third-order valence-electron chi connectivity index (χ3n) is 6.74. The first-order chi connectivity index (χ1) is 20.6. The summed E-state index contributed by atoms with van der Waals surface area (Å²) >= 11 is 4.00. The van der Waals surface area contributed by atoms with Crippen LogP contribution in [0.5, 0.6) is 0 Å². The predicted octanol–water partition coefficient (Wildman–Crippen LogP) is -0.197. The van der Waals surface area contributed by atoms with Crippen molar-refractivity contribution in [3.63, 3.8) is 0 Å². The van der Waals surface area contributed by atoms with Crippen molar-refractivity contribution in [2.75, 3.05) is 12.3 Å². The van der Waals surface area contributed by atoms with Crippen molar-refractivity contribution in [3.8, 4) is 0 Å². The molecule has 14 heteroatoms. The van der Waals surface area contributed by atoms with Gasteiger partial charge in [0.05, 0.1) is 6.04 Å². The van der Waals surface area contributed by atoms with Crippen molar-refractivity contribution in [2.45, 2.75) is 49.9 Å². The number of carboxylic acid groups (broad SMARTS) is 1. The molecule has 11 N–H and O–H groups in total. The third-order valence-corrected chi connectivity index (χ3v) is 7.11. The summed E-state index contributed by atoms with van der Waals surface area (Å²) < 4.78 is 0. The first-order valence-corrected chi connectivity index (χ1v) is 14.4. The van der Waals surface area contributed by atoms with Crippen LogP contribution in [0.2, 0.25) is 0 Å². The van der Waals surface area contributed by atoms with Gasteiger partial charge in [0.1, 0.15) is 18.1 Å². The van der Waals surface area contributed by atoms with Gasteiger partial charge >= 0.3 is 5.97 Å². The van der Waals surface area contributed by atoms with E-state index in [1.807, 2.05) is 24.3 Å². The number of guanidine groups is 1. The fraction of sp³-hybridized carbons (Fsp3) is 0.345. The number of nitrogens with two attached hydrogens (primary N) is 3. The van der Waals surface area contributed by atoms with Gasteiger partial charge in [-0.3, -0.25) is 19.4 Å². The number of fused-ring (bicyclic) bond motifs is 1. The molecule has 43 heavy (non-hydrogen) atoms. The Bertz CT molecular complexity index is 1430. The summed E-state index contributed by atoms with van der Waals surface area (Å²) in [6, 6.07) is 12.1. The molecule has 4 unspecified atom stereocenters. The quantitative estimate of drug-likeness (QED) is 0.0455. The van der Waals surface area contributed by atoms with Crippen molar-refractivity contribution in [1.29, 1.82) is 0 Å². The van der Waals surface area contributed by atoms with E-state index in [0.717, 1.165) is 22.0 Å². The highest BCUT2D eigenvalue weighted by Gasteiger charge is 2.30. The van der Waals surface area contributed by atoms with Crippen LogP contribution < -0.4 is 33.2 Å². The molecule has 3 aromatic rings. The normalized spacial score (nSPS) is 13.7. The molecule has 1 aromatic heterocycles. The zero-order chi connectivity index (χ0) is 31.4. The summed E-state index contributed by atoms with van der Waals surface area (Å²) in [6.45, 7) is 0.208. The van der Waals surface area contributed by atoms with Gasteiger partial charge in [0, 0.05) is 35.8 Å². The number of hydrogen-bond donors (Lipinski definition) is 9. The summed E-state index contributed by atoms with van der Waals surface area (Å²) in [7, 11) is 0. The van der Waals surface area contributed by atoms with E-state index in [-0.39, 0.29) is 37.5 Å². The highest BCUT2D eigenvalue weighted by molar-refractivity contribution is 7.80. The number of nitrogens with zero attached hydrogens (tertiary/aromatic N) is 1. The van der Waals surface area contributed by atoms with Crippen LogP contribution in [0.25, 0.3) is 10.9 Å². The lowest BCUT2D eigenvalue weighted by Gasteiger charge is -2.25. The maximum Gasteiger partial charge on any atom is 0.327 e. The van der Waals surface area contributed by atoms with Crippen molar-refractivity contribution >= 4 is 53.2 Å². The third kappa shape index (κ3) is 10.0. The van der Waals surface area contributed by atoms with E-state index in [1.54, 1.807) is 36.5 Å². The highest BCUT2D eigenvalue weighted by atomic mass is 32.1. The van der Waals surface area contributed by atoms with Gasteiger partial charge in [-0.1, -0.05) is 48.5 Å². The van der Waals surface area contributed by atoms with Gasteiger partial charge in [0.25, 0.3) is 0 Å². The molecule has 0 spiro atoms. The summed E-state index contributed by atoms with van der Waals surface area (Å²) in [5.74, 6) is -3.43. The predicted molar refractivity (Wildman–Crippen MR) is 167 cm³/mol. The second-order valence-corrected chi connectivity index (χ2v) is 10.4. The minimum atomic E-state index is -1.26. The van der Waals surface area contributed by atoms with E-state index in [1.165, 1.54) is 0 Å². The van der Waals surface area contributed by atoms with Gasteiger partial charge in [-0.2, -0.15) is 12.6 Å². The molecule has 0 saturated heterocycles. The second kappa shape index (κ2) is 16.2. The van der Waals surface area contributed by atoms with Crippen molar-refractivity contribution in [3.05, 3.63) is 71.9 Å². The molecule has 0 bridgehead atoms. The number of thiol groups is 1. The molecule has 0 aliphatic carbocycles. The Morgan fingerprint density at radius 2 is 1.49 bits per heavy atom. The number of carbonyl (C=O) groups excluding carboxylic acids is 3. The SMILES string of the molecule is NC(N)=NCCCC(NC(=O)C(N)Cc1c[nH]c2ccccc12)C(=O)NC(Cc1ccccc1)C(=O)NC(CS)C(=O)O. The van der Waals surface area contributed by atoms with Crippen LogP contribution in [0, 0.1) is 0 Å². The lowest BCUT2D eigenvalue weighted by Crippen LogP contribution is -2.58. The van der Waals surface area contributed by atoms with E-state index in [4.69, 9.17) is 17.2 Å². The van der Waals surface area contributed by atoms with Crippen LogP contribution in [0.15, 0.2) is 65.8 Å². The minimum Gasteiger partial charge on any atom is -0.480 e. The number of benzene rings is 2. The number of rotatable bonds is 16. The maximum absolute atomic E-state index is 13.5. The number of amides is 3. The van der Waals surface area contributed by atoms with Crippen LogP contribution in [0.4, 0.5) is 0 Å². The summed E-state index contributed by atoms with van der Waals surface area (Å²) in [4.78, 5) is 58.5. The molecule has 3 rings (SSSR count). The van der Waals surface area contributed by atoms with Crippen LogP contribution in [-0.4, -0.2) is 76.2 Å². The number of hydrogen-bond acceptors (Lipinski definition) is 7. The Balaban J connectivity index is 1.77. The van der Waals surface area contributed by atoms with Gasteiger partial charge in [-0.25, -0.2) is 4.79 Å². The highest BCUT2D eigenvalue weighted by Crippen LogP contribution is 2.19. The molecule has 0 aliphatic rings. The van der Waals surface area contributed by atoms with E-state index in [0.29, 0.717) is 6.42 Å². The van der Waals surface area contributed by atoms with Crippen LogP contribution in [0.3, 0.4) is 0 Å². The van der Waals surface area contributed by atoms with Gasteiger partial charge < -0.3 is 43.2 Å². The van der Waals surface area contributed by atoms with Crippen LogP contribution >= 0.6 is 12.6 Å². The second-order valence-electron chi connectivity index (χ2n) is 10.0. The number of aromatic nitrogens is 1. The lowest BCUT2D eigenvalue weighted by molar-refractivity contribution is -0.141. The van der Waals surface area contributed by atoms with Gasteiger partial charge in [0.15, 0.2) is 5.96 Å². The smallest absolute Gasteiger partial charge is 0.327 e. The van der Waals surface area contributed by atoms with Crippen molar-refractivity contribution in [2.24, 2.45) is 22.2 Å². The molecule has 0 saturated carbocycles. The number of aliphatic carboxylic acids is 1. The first-order valence-electron chi connectivity index (χ1n) is 13.7. The topological polar surface area (TPSA) is 231 Å². The zero-order valence-corrected chi connectivity index (χ0v) is 24.4. The molecule has 0 fully saturated rings. The van der Waals surface area contributed by atoms with Gasteiger partial charge in [-0.15, -0.1) is 0 Å². The van der Waals surface area contributed by atoms with Crippen molar-refractivity contribution < 1.29 is 24.3 Å². The molecule has 1 heterocycles. The number of aliphatic imine (C=N–C) groups is 1. The molecule has 3 amide bonds. The number of carboxylic acids is 1. The average molecular weight is 611 g/mol. The van der Waals surface area contributed by atoms with Gasteiger partial charge in [0.2, 0.25) is 17.7 Å². The molecule has 2 aromatic carbocycles. The summed E-state index contributed by atoms with van der Waals surface area (Å²) in [5.41, 5.74) is 19.6.